The zero-order chi connectivity index (χ0) is 13.7. The lowest BCUT2D eigenvalue weighted by molar-refractivity contribution is 0.244. The molecule has 1 fully saturated rings. The number of benzene rings is 1. The second kappa shape index (κ2) is 6.88. The summed E-state index contributed by atoms with van der Waals surface area (Å²) in [5.74, 6) is 0.443. The van der Waals surface area contributed by atoms with E-state index in [-0.39, 0.29) is 0 Å². The molecule has 1 nitrogen and oxygen atoms in total. The van der Waals surface area contributed by atoms with Gasteiger partial charge in [0, 0.05) is 6.07 Å². The molecule has 0 aliphatic heterocycles. The van der Waals surface area contributed by atoms with Crippen LogP contribution in [0.5, 0.6) is 5.75 Å². The first-order chi connectivity index (χ1) is 9.15. The Morgan fingerprint density at radius 1 is 1.11 bits per heavy atom. The second-order valence-electron chi connectivity index (χ2n) is 5.69. The van der Waals surface area contributed by atoms with Gasteiger partial charge in [0.05, 0.1) is 6.61 Å². The van der Waals surface area contributed by atoms with Crippen molar-refractivity contribution >= 4 is 0 Å². The van der Waals surface area contributed by atoms with E-state index in [0.29, 0.717) is 12.4 Å². The van der Waals surface area contributed by atoms with Crippen LogP contribution in [0.3, 0.4) is 0 Å². The van der Waals surface area contributed by atoms with Gasteiger partial charge in [0.2, 0.25) is 0 Å². The molecule has 0 N–H and O–H groups in total. The third-order valence-electron chi connectivity index (χ3n) is 4.05. The van der Waals surface area contributed by atoms with Crippen LogP contribution in [0.25, 0.3) is 0 Å². The lowest BCUT2D eigenvalue weighted by Gasteiger charge is -2.25. The molecule has 0 spiro atoms. The van der Waals surface area contributed by atoms with Crippen molar-refractivity contribution in [1.82, 2.24) is 0 Å². The minimum atomic E-state index is -0.848. The van der Waals surface area contributed by atoms with Crippen LogP contribution in [0, 0.1) is 23.5 Å². The molecule has 1 saturated carbocycles. The highest BCUT2D eigenvalue weighted by molar-refractivity contribution is 5.23. The summed E-state index contributed by atoms with van der Waals surface area (Å²) in [5.41, 5.74) is 0. The van der Waals surface area contributed by atoms with Crippen LogP contribution >= 0.6 is 0 Å². The van der Waals surface area contributed by atoms with Crippen molar-refractivity contribution in [2.24, 2.45) is 11.8 Å². The number of rotatable bonds is 5. The normalized spacial score (nSPS) is 23.3. The van der Waals surface area contributed by atoms with Gasteiger partial charge in [0.15, 0.2) is 11.6 Å². The third-order valence-corrected chi connectivity index (χ3v) is 4.05. The summed E-state index contributed by atoms with van der Waals surface area (Å²) in [7, 11) is 0. The lowest BCUT2D eigenvalue weighted by atomic mass is 9.81. The number of hydrogen-bond donors (Lipinski definition) is 0. The maximum Gasteiger partial charge on any atom is 0.162 e. The Morgan fingerprint density at radius 3 is 2.53 bits per heavy atom. The summed E-state index contributed by atoms with van der Waals surface area (Å²) in [5, 5.41) is 0. The van der Waals surface area contributed by atoms with Gasteiger partial charge in [0.1, 0.15) is 5.75 Å². The predicted molar refractivity (Wildman–Crippen MR) is 72.2 cm³/mol. The number of halogens is 2. The summed E-state index contributed by atoms with van der Waals surface area (Å²) < 4.78 is 31.1. The van der Waals surface area contributed by atoms with E-state index in [1.165, 1.54) is 38.2 Å². The van der Waals surface area contributed by atoms with Gasteiger partial charge in [-0.05, 0) is 36.8 Å². The molecule has 0 saturated heterocycles. The molecular formula is C16H22F2O. The Morgan fingerprint density at radius 2 is 1.84 bits per heavy atom. The molecule has 0 amide bonds. The SMILES string of the molecule is CC1CCC(CCCOc2ccc(F)c(F)c2)CC1. The fourth-order valence-corrected chi connectivity index (χ4v) is 2.75. The molecule has 1 aromatic rings. The van der Waals surface area contributed by atoms with Crippen LogP contribution in [0.15, 0.2) is 18.2 Å². The molecule has 0 heterocycles. The molecule has 106 valence electrons. The summed E-state index contributed by atoms with van der Waals surface area (Å²) in [6.45, 7) is 2.90. The molecule has 0 bridgehead atoms. The highest BCUT2D eigenvalue weighted by Crippen LogP contribution is 2.31. The Kier molecular flexibility index (Phi) is 5.17. The lowest BCUT2D eigenvalue weighted by Crippen LogP contribution is -2.13. The minimum Gasteiger partial charge on any atom is -0.493 e. The Hall–Kier alpha value is -1.12. The summed E-state index contributed by atoms with van der Waals surface area (Å²) in [4.78, 5) is 0. The standard InChI is InChI=1S/C16H22F2O/c1-12-4-6-13(7-5-12)3-2-10-19-14-8-9-15(17)16(18)11-14/h8-9,11-13H,2-7,10H2,1H3. The summed E-state index contributed by atoms with van der Waals surface area (Å²) in [6, 6.07) is 3.69. The highest BCUT2D eigenvalue weighted by atomic mass is 19.2. The first-order valence-electron chi connectivity index (χ1n) is 7.23. The van der Waals surface area contributed by atoms with Crippen molar-refractivity contribution in [3.63, 3.8) is 0 Å². The third kappa shape index (κ3) is 4.48. The Bertz CT molecular complexity index is 398. The quantitative estimate of drug-likeness (QED) is 0.686. The average molecular weight is 268 g/mol. The molecule has 1 aliphatic rings. The van der Waals surface area contributed by atoms with Gasteiger partial charge < -0.3 is 4.74 Å². The summed E-state index contributed by atoms with van der Waals surface area (Å²) in [6.07, 6.45) is 7.50. The van der Waals surface area contributed by atoms with Crippen LogP contribution in [0.1, 0.15) is 45.4 Å². The van der Waals surface area contributed by atoms with E-state index in [1.54, 1.807) is 0 Å². The van der Waals surface area contributed by atoms with Crippen molar-refractivity contribution in [2.45, 2.75) is 45.4 Å². The van der Waals surface area contributed by atoms with Crippen LogP contribution in [0.2, 0.25) is 0 Å². The first-order valence-corrected chi connectivity index (χ1v) is 7.23. The van der Waals surface area contributed by atoms with Crippen molar-refractivity contribution in [1.29, 1.82) is 0 Å². The van der Waals surface area contributed by atoms with Crippen LogP contribution < -0.4 is 4.74 Å². The number of ether oxygens (including phenoxy) is 1. The molecule has 1 aromatic carbocycles. The zero-order valence-electron chi connectivity index (χ0n) is 11.5. The number of hydrogen-bond acceptors (Lipinski definition) is 1. The molecule has 1 aliphatic carbocycles. The van der Waals surface area contributed by atoms with Gasteiger partial charge in [-0.15, -0.1) is 0 Å². The highest BCUT2D eigenvalue weighted by Gasteiger charge is 2.17. The molecule has 0 atom stereocenters. The largest absolute Gasteiger partial charge is 0.493 e. The Balaban J connectivity index is 1.65. The molecule has 19 heavy (non-hydrogen) atoms. The van der Waals surface area contributed by atoms with E-state index in [9.17, 15) is 8.78 Å². The first kappa shape index (κ1) is 14.3. The monoisotopic (exact) mass is 268 g/mol. The van der Waals surface area contributed by atoms with Gasteiger partial charge in [-0.1, -0.05) is 32.6 Å². The summed E-state index contributed by atoms with van der Waals surface area (Å²) >= 11 is 0. The van der Waals surface area contributed by atoms with Crippen molar-refractivity contribution in [3.8, 4) is 5.75 Å². The van der Waals surface area contributed by atoms with Gasteiger partial charge >= 0.3 is 0 Å². The Labute approximate surface area is 114 Å². The van der Waals surface area contributed by atoms with Crippen molar-refractivity contribution < 1.29 is 13.5 Å². The molecule has 0 aromatic heterocycles. The molecule has 3 heteroatoms. The van der Waals surface area contributed by atoms with E-state index in [2.05, 4.69) is 6.92 Å². The fourth-order valence-electron chi connectivity index (χ4n) is 2.75. The van der Waals surface area contributed by atoms with Gasteiger partial charge in [-0.2, -0.15) is 0 Å². The zero-order valence-corrected chi connectivity index (χ0v) is 11.5. The maximum absolute atomic E-state index is 13.0. The van der Waals surface area contributed by atoms with E-state index < -0.39 is 11.6 Å². The average Bonchev–Trinajstić information content (AvgIpc) is 2.41. The fraction of sp³-hybridized carbons (Fsp3) is 0.625. The molecule has 0 radical (unpaired) electrons. The molecular weight excluding hydrogens is 246 g/mol. The maximum atomic E-state index is 13.0. The van der Waals surface area contributed by atoms with Gasteiger partial charge in [-0.3, -0.25) is 0 Å². The van der Waals surface area contributed by atoms with Crippen LogP contribution in [-0.4, -0.2) is 6.61 Å². The predicted octanol–water partition coefficient (Wildman–Crippen LogP) is 4.95. The molecule has 0 unspecified atom stereocenters. The van der Waals surface area contributed by atoms with Gasteiger partial charge in [0.25, 0.3) is 0 Å². The smallest absolute Gasteiger partial charge is 0.162 e. The van der Waals surface area contributed by atoms with Crippen LogP contribution in [-0.2, 0) is 0 Å². The van der Waals surface area contributed by atoms with Crippen molar-refractivity contribution in [3.05, 3.63) is 29.8 Å². The second-order valence-corrected chi connectivity index (χ2v) is 5.69. The topological polar surface area (TPSA) is 9.23 Å². The van der Waals surface area contributed by atoms with E-state index in [4.69, 9.17) is 4.74 Å². The molecule has 2 rings (SSSR count). The van der Waals surface area contributed by atoms with Gasteiger partial charge in [-0.25, -0.2) is 8.78 Å². The van der Waals surface area contributed by atoms with E-state index in [1.807, 2.05) is 0 Å². The minimum absolute atomic E-state index is 0.413. The van der Waals surface area contributed by atoms with Crippen LogP contribution in [0.4, 0.5) is 8.78 Å². The van der Waals surface area contributed by atoms with Crippen molar-refractivity contribution in [2.75, 3.05) is 6.61 Å². The van der Waals surface area contributed by atoms with E-state index in [0.717, 1.165) is 30.4 Å². The van der Waals surface area contributed by atoms with E-state index >= 15 is 0 Å².